The summed E-state index contributed by atoms with van der Waals surface area (Å²) in [7, 11) is -0.156. The molecule has 30 heavy (non-hydrogen) atoms. The number of hydrogen-bond acceptors (Lipinski definition) is 1. The Labute approximate surface area is 189 Å². The molecule has 0 amide bonds. The summed E-state index contributed by atoms with van der Waals surface area (Å²) in [6.07, 6.45) is 4.67. The molecule has 1 atom stereocenters. The third-order valence-electron chi connectivity index (χ3n) is 6.11. The molecule has 0 aromatic heterocycles. The zero-order chi connectivity index (χ0) is 22.4. The van der Waals surface area contributed by atoms with Gasteiger partial charge in [-0.2, -0.15) is 11.1 Å². The van der Waals surface area contributed by atoms with Crippen molar-refractivity contribution in [1.82, 2.24) is 0 Å². The number of fused-ring (bicyclic) bond motifs is 1. The van der Waals surface area contributed by atoms with Crippen molar-refractivity contribution in [1.29, 1.82) is 0 Å². The SMILES string of the molecule is CCCC1=Cc2c(cc(C(C)(C)C)c(OC)c2-c2cc(C)cc(C)c2)C1[Si](C)(C)Cl. The summed E-state index contributed by atoms with van der Waals surface area (Å²) in [6, 6.07) is 9.23. The van der Waals surface area contributed by atoms with E-state index in [1.165, 1.54) is 44.5 Å². The number of benzene rings is 2. The molecule has 162 valence electrons. The van der Waals surface area contributed by atoms with Crippen LogP contribution in [0.4, 0.5) is 0 Å². The molecular weight excluding hydrogens is 404 g/mol. The lowest BCUT2D eigenvalue weighted by molar-refractivity contribution is 0.399. The van der Waals surface area contributed by atoms with Crippen LogP contribution in [0.3, 0.4) is 0 Å². The van der Waals surface area contributed by atoms with Gasteiger partial charge in [-0.15, -0.1) is 0 Å². The van der Waals surface area contributed by atoms with Gasteiger partial charge in [-0.1, -0.05) is 94.3 Å². The molecule has 0 heterocycles. The highest BCUT2D eigenvalue weighted by atomic mass is 35.6. The zero-order valence-corrected chi connectivity index (χ0v) is 21.9. The molecule has 0 bridgehead atoms. The van der Waals surface area contributed by atoms with Gasteiger partial charge in [0, 0.05) is 16.7 Å². The Morgan fingerprint density at radius 2 is 1.63 bits per heavy atom. The van der Waals surface area contributed by atoms with Gasteiger partial charge >= 0.3 is 0 Å². The van der Waals surface area contributed by atoms with Gasteiger partial charge in [0.15, 0.2) is 7.38 Å². The number of rotatable bonds is 5. The fourth-order valence-corrected chi connectivity index (χ4v) is 7.91. The van der Waals surface area contributed by atoms with Gasteiger partial charge in [-0.3, -0.25) is 0 Å². The highest BCUT2D eigenvalue weighted by molar-refractivity contribution is 7.20. The average Bonchev–Trinajstić information content (AvgIpc) is 2.96. The van der Waals surface area contributed by atoms with Crippen molar-refractivity contribution in [3.63, 3.8) is 0 Å². The highest BCUT2D eigenvalue weighted by Gasteiger charge is 2.41. The summed E-state index contributed by atoms with van der Waals surface area (Å²) in [6.45, 7) is 18.0. The number of halogens is 1. The van der Waals surface area contributed by atoms with Crippen LogP contribution in [0.1, 0.15) is 73.9 Å². The number of allylic oxidation sites excluding steroid dienone is 1. The molecule has 0 fully saturated rings. The second-order valence-electron chi connectivity index (χ2n) is 10.4. The molecule has 0 radical (unpaired) electrons. The van der Waals surface area contributed by atoms with Crippen molar-refractivity contribution in [2.24, 2.45) is 0 Å². The standard InChI is InChI=1S/C27H37ClOSi/c1-10-11-19-15-21-22(26(19)30(8,9)28)16-23(27(4,5)6)25(29-7)24(21)20-13-17(2)12-18(3)14-20/h12-16,26H,10-11H2,1-9H3. The second-order valence-corrected chi connectivity index (χ2v) is 17.1. The summed E-state index contributed by atoms with van der Waals surface area (Å²) in [5.41, 5.74) is 10.9. The van der Waals surface area contributed by atoms with E-state index in [1.54, 1.807) is 0 Å². The maximum absolute atomic E-state index is 7.15. The molecule has 0 saturated carbocycles. The van der Waals surface area contributed by atoms with E-state index >= 15 is 0 Å². The first-order valence-corrected chi connectivity index (χ1v) is 15.2. The van der Waals surface area contributed by atoms with Crippen LogP contribution in [0.5, 0.6) is 5.75 Å². The smallest absolute Gasteiger partial charge is 0.161 e. The fraction of sp³-hybridized carbons (Fsp3) is 0.481. The molecule has 2 aromatic carbocycles. The first kappa shape index (κ1) is 23.2. The number of ether oxygens (including phenoxy) is 1. The van der Waals surface area contributed by atoms with Gasteiger partial charge in [0.25, 0.3) is 0 Å². The van der Waals surface area contributed by atoms with Crippen LogP contribution < -0.4 is 4.74 Å². The zero-order valence-electron chi connectivity index (χ0n) is 20.2. The second kappa shape index (κ2) is 8.20. The molecule has 0 saturated heterocycles. The van der Waals surface area contributed by atoms with E-state index in [1.807, 2.05) is 7.11 Å². The van der Waals surface area contributed by atoms with Crippen molar-refractivity contribution in [2.75, 3.05) is 7.11 Å². The Morgan fingerprint density at radius 1 is 1.03 bits per heavy atom. The van der Waals surface area contributed by atoms with E-state index in [0.29, 0.717) is 5.54 Å². The van der Waals surface area contributed by atoms with Crippen LogP contribution in [-0.4, -0.2) is 14.5 Å². The van der Waals surface area contributed by atoms with Gasteiger partial charge in [0.05, 0.1) is 7.11 Å². The molecule has 1 nitrogen and oxygen atoms in total. The predicted octanol–water partition coefficient (Wildman–Crippen LogP) is 8.54. The minimum absolute atomic E-state index is 0.0237. The lowest BCUT2D eigenvalue weighted by atomic mass is 9.81. The van der Waals surface area contributed by atoms with Crippen molar-refractivity contribution < 1.29 is 4.74 Å². The fourth-order valence-electron chi connectivity index (χ4n) is 5.05. The van der Waals surface area contributed by atoms with E-state index in [9.17, 15) is 0 Å². The predicted molar refractivity (Wildman–Crippen MR) is 136 cm³/mol. The maximum atomic E-state index is 7.15. The maximum Gasteiger partial charge on any atom is 0.161 e. The summed E-state index contributed by atoms with van der Waals surface area (Å²) < 4.78 is 6.13. The minimum Gasteiger partial charge on any atom is -0.496 e. The van der Waals surface area contributed by atoms with Gasteiger partial charge in [0.2, 0.25) is 0 Å². The molecular formula is C27H37ClOSi. The van der Waals surface area contributed by atoms with Crippen molar-refractivity contribution in [2.45, 2.75) is 78.4 Å². The van der Waals surface area contributed by atoms with Crippen LogP contribution >= 0.6 is 11.1 Å². The summed E-state index contributed by atoms with van der Waals surface area (Å²) in [5.74, 6) is 1.01. The van der Waals surface area contributed by atoms with Crippen LogP contribution in [0, 0.1) is 13.8 Å². The summed E-state index contributed by atoms with van der Waals surface area (Å²) >= 11 is 7.15. The third kappa shape index (κ3) is 4.27. The molecule has 1 aliphatic carbocycles. The molecule has 0 spiro atoms. The Kier molecular flexibility index (Phi) is 6.33. The van der Waals surface area contributed by atoms with Crippen molar-refractivity contribution >= 4 is 24.5 Å². The normalized spacial score (nSPS) is 16.5. The van der Waals surface area contributed by atoms with Crippen LogP contribution in [0.15, 0.2) is 29.8 Å². The molecule has 1 unspecified atom stereocenters. The van der Waals surface area contributed by atoms with E-state index in [-0.39, 0.29) is 5.41 Å². The number of aryl methyl sites for hydroxylation is 2. The van der Waals surface area contributed by atoms with E-state index < -0.39 is 7.38 Å². The Balaban J connectivity index is 2.45. The first-order valence-electron chi connectivity index (χ1n) is 11.1. The minimum atomic E-state index is -1.97. The number of hydrogen-bond donors (Lipinski definition) is 0. The van der Waals surface area contributed by atoms with E-state index in [0.717, 1.165) is 18.6 Å². The molecule has 2 aromatic rings. The van der Waals surface area contributed by atoms with Crippen LogP contribution in [-0.2, 0) is 5.41 Å². The van der Waals surface area contributed by atoms with Gasteiger partial charge < -0.3 is 4.74 Å². The quantitative estimate of drug-likeness (QED) is 0.334. The summed E-state index contributed by atoms with van der Waals surface area (Å²) in [5, 5.41) is 0. The molecule has 3 heteroatoms. The van der Waals surface area contributed by atoms with Gasteiger partial charge in [0.1, 0.15) is 5.75 Å². The number of methoxy groups -OCH3 is 1. The lowest BCUT2D eigenvalue weighted by Crippen LogP contribution is -2.29. The monoisotopic (exact) mass is 440 g/mol. The molecule has 0 aliphatic heterocycles. The van der Waals surface area contributed by atoms with E-state index in [4.69, 9.17) is 15.8 Å². The Bertz CT molecular complexity index is 969. The molecule has 0 N–H and O–H groups in total. The van der Waals surface area contributed by atoms with Crippen molar-refractivity contribution in [3.05, 3.63) is 57.7 Å². The third-order valence-corrected chi connectivity index (χ3v) is 8.82. The lowest BCUT2D eigenvalue weighted by Gasteiger charge is -2.31. The molecule has 3 rings (SSSR count). The first-order chi connectivity index (χ1) is 13.9. The summed E-state index contributed by atoms with van der Waals surface area (Å²) in [4.78, 5) is 0. The van der Waals surface area contributed by atoms with Crippen LogP contribution in [0.2, 0.25) is 13.1 Å². The largest absolute Gasteiger partial charge is 0.496 e. The van der Waals surface area contributed by atoms with Crippen LogP contribution in [0.25, 0.3) is 17.2 Å². The Hall–Kier alpha value is -1.51. The van der Waals surface area contributed by atoms with Crippen molar-refractivity contribution in [3.8, 4) is 16.9 Å². The van der Waals surface area contributed by atoms with Gasteiger partial charge in [-0.25, -0.2) is 0 Å². The topological polar surface area (TPSA) is 9.23 Å². The van der Waals surface area contributed by atoms with E-state index in [2.05, 4.69) is 85.0 Å². The Morgan fingerprint density at radius 3 is 2.10 bits per heavy atom. The highest BCUT2D eigenvalue weighted by Crippen LogP contribution is 2.53. The van der Waals surface area contributed by atoms with Gasteiger partial charge in [-0.05, 0) is 42.4 Å². The average molecular weight is 441 g/mol. The molecule has 1 aliphatic rings.